The Hall–Kier alpha value is -1.06. The van der Waals surface area contributed by atoms with E-state index in [1.807, 2.05) is 24.5 Å². The van der Waals surface area contributed by atoms with Crippen LogP contribution in [0.5, 0.6) is 0 Å². The lowest BCUT2D eigenvalue weighted by Gasteiger charge is -2.08. The molecule has 0 spiro atoms. The molecule has 0 N–H and O–H groups in total. The maximum Gasteiger partial charge on any atom is 0.134 e. The summed E-state index contributed by atoms with van der Waals surface area (Å²) in [5.41, 5.74) is 3.45. The molecule has 1 atom stereocenters. The van der Waals surface area contributed by atoms with E-state index in [4.69, 9.17) is 4.42 Å². The van der Waals surface area contributed by atoms with Gasteiger partial charge in [-0.1, -0.05) is 62.2 Å². The van der Waals surface area contributed by atoms with E-state index in [-0.39, 0.29) is 4.83 Å². The highest BCUT2D eigenvalue weighted by molar-refractivity contribution is 9.10. The Morgan fingerprint density at radius 1 is 1.00 bits per heavy atom. The number of fused-ring (bicyclic) bond motifs is 1. The van der Waals surface area contributed by atoms with Crippen molar-refractivity contribution in [2.45, 2.75) is 11.2 Å². The van der Waals surface area contributed by atoms with E-state index in [0.717, 1.165) is 16.5 Å². The van der Waals surface area contributed by atoms with Crippen LogP contribution >= 0.6 is 31.9 Å². The summed E-state index contributed by atoms with van der Waals surface area (Å²) >= 11 is 7.23. The highest BCUT2D eigenvalue weighted by atomic mass is 79.9. The predicted octanol–water partition coefficient (Wildman–Crippen LogP) is 5.87. The Labute approximate surface area is 128 Å². The van der Waals surface area contributed by atoms with Gasteiger partial charge >= 0.3 is 0 Å². The summed E-state index contributed by atoms with van der Waals surface area (Å²) in [6, 6.07) is 16.6. The first kappa shape index (κ1) is 12.9. The number of hydrogen-bond acceptors (Lipinski definition) is 1. The number of para-hydroxylation sites is 1. The van der Waals surface area contributed by atoms with Crippen LogP contribution in [0.2, 0.25) is 0 Å². The zero-order valence-electron chi connectivity index (χ0n) is 10.1. The van der Waals surface area contributed by atoms with E-state index in [1.54, 1.807) is 0 Å². The number of benzene rings is 2. The average Bonchev–Trinajstić information content (AvgIpc) is 2.85. The average molecular weight is 380 g/mol. The first-order chi connectivity index (χ1) is 9.24. The molecule has 0 aliphatic heterocycles. The van der Waals surface area contributed by atoms with Gasteiger partial charge in [0.15, 0.2) is 0 Å². The second-order valence-corrected chi connectivity index (χ2v) is 6.51. The quantitative estimate of drug-likeness (QED) is 0.518. The molecule has 0 radical (unpaired) electrons. The van der Waals surface area contributed by atoms with Gasteiger partial charge in [0.05, 0.1) is 6.26 Å². The van der Waals surface area contributed by atoms with Crippen molar-refractivity contribution in [3.05, 3.63) is 70.4 Å². The van der Waals surface area contributed by atoms with Crippen molar-refractivity contribution < 1.29 is 4.42 Å². The molecule has 1 heterocycles. The van der Waals surface area contributed by atoms with Gasteiger partial charge < -0.3 is 4.42 Å². The molecule has 0 amide bonds. The van der Waals surface area contributed by atoms with Crippen LogP contribution in [0.25, 0.3) is 11.0 Å². The molecule has 96 valence electrons. The molecular formula is C16H12Br2O. The fourth-order valence-corrected chi connectivity index (χ4v) is 3.17. The van der Waals surface area contributed by atoms with Gasteiger partial charge in [0.25, 0.3) is 0 Å². The van der Waals surface area contributed by atoms with E-state index >= 15 is 0 Å². The third kappa shape index (κ3) is 2.77. The number of rotatable bonds is 3. The molecule has 0 saturated carbocycles. The Kier molecular flexibility index (Phi) is 3.76. The molecule has 0 fully saturated rings. The molecule has 3 heteroatoms. The Balaban J connectivity index is 1.87. The van der Waals surface area contributed by atoms with E-state index in [0.29, 0.717) is 0 Å². The monoisotopic (exact) mass is 378 g/mol. The molecule has 0 bridgehead atoms. The Bertz CT molecular complexity index is 685. The minimum absolute atomic E-state index is 0.261. The van der Waals surface area contributed by atoms with Crippen LogP contribution in [-0.4, -0.2) is 0 Å². The lowest BCUT2D eigenvalue weighted by atomic mass is 10.0. The van der Waals surface area contributed by atoms with E-state index < -0.39 is 0 Å². The van der Waals surface area contributed by atoms with E-state index in [9.17, 15) is 0 Å². The number of hydrogen-bond donors (Lipinski definition) is 0. The van der Waals surface area contributed by atoms with Crippen LogP contribution in [0.1, 0.15) is 16.0 Å². The molecule has 0 aliphatic rings. The maximum absolute atomic E-state index is 5.59. The third-order valence-corrected chi connectivity index (χ3v) is 4.52. The number of alkyl halides is 1. The van der Waals surface area contributed by atoms with Crippen LogP contribution in [0.4, 0.5) is 0 Å². The van der Waals surface area contributed by atoms with Crippen molar-refractivity contribution in [3.63, 3.8) is 0 Å². The summed E-state index contributed by atoms with van der Waals surface area (Å²) in [6.07, 6.45) is 2.79. The normalized spacial score (nSPS) is 12.7. The molecule has 3 aromatic rings. The molecule has 0 aliphatic carbocycles. The van der Waals surface area contributed by atoms with Gasteiger partial charge in [0.1, 0.15) is 5.58 Å². The highest BCUT2D eigenvalue weighted by Crippen LogP contribution is 2.34. The standard InChI is InChI=1S/C16H12Br2O/c17-12-7-5-11(6-8-12)9-15(18)14-10-19-16-4-2-1-3-13(14)16/h1-8,10,15H,9H2. The smallest absolute Gasteiger partial charge is 0.134 e. The van der Waals surface area contributed by atoms with Crippen molar-refractivity contribution in [2.24, 2.45) is 0 Å². The molecular weight excluding hydrogens is 368 g/mol. The SMILES string of the molecule is Brc1ccc(CC(Br)c2coc3ccccc23)cc1. The van der Waals surface area contributed by atoms with E-state index in [2.05, 4.69) is 62.2 Å². The second-order valence-electron chi connectivity index (χ2n) is 4.49. The largest absolute Gasteiger partial charge is 0.464 e. The summed E-state index contributed by atoms with van der Waals surface area (Å²) in [4.78, 5) is 0.261. The Morgan fingerprint density at radius 3 is 2.53 bits per heavy atom. The molecule has 2 aromatic carbocycles. The van der Waals surface area contributed by atoms with Crippen molar-refractivity contribution >= 4 is 42.8 Å². The Morgan fingerprint density at radius 2 is 1.74 bits per heavy atom. The molecule has 3 rings (SSSR count). The summed E-state index contributed by atoms with van der Waals surface area (Å²) in [6.45, 7) is 0. The van der Waals surface area contributed by atoms with Gasteiger partial charge in [-0.05, 0) is 30.2 Å². The molecule has 1 nitrogen and oxygen atoms in total. The first-order valence-electron chi connectivity index (χ1n) is 6.08. The molecule has 1 aromatic heterocycles. The minimum Gasteiger partial charge on any atom is -0.464 e. The lowest BCUT2D eigenvalue weighted by Crippen LogP contribution is -1.94. The van der Waals surface area contributed by atoms with Gasteiger partial charge in [-0.3, -0.25) is 0 Å². The minimum atomic E-state index is 0.261. The summed E-state index contributed by atoms with van der Waals surface area (Å²) < 4.78 is 6.70. The van der Waals surface area contributed by atoms with Crippen molar-refractivity contribution in [2.75, 3.05) is 0 Å². The number of halogens is 2. The topological polar surface area (TPSA) is 13.1 Å². The maximum atomic E-state index is 5.59. The summed E-state index contributed by atoms with van der Waals surface area (Å²) in [5.74, 6) is 0. The highest BCUT2D eigenvalue weighted by Gasteiger charge is 2.14. The molecule has 19 heavy (non-hydrogen) atoms. The van der Waals surface area contributed by atoms with Crippen LogP contribution in [0, 0.1) is 0 Å². The fraction of sp³-hybridized carbons (Fsp3) is 0.125. The lowest BCUT2D eigenvalue weighted by molar-refractivity contribution is 0.610. The number of furan rings is 1. The van der Waals surface area contributed by atoms with Crippen molar-refractivity contribution in [1.82, 2.24) is 0 Å². The van der Waals surface area contributed by atoms with Crippen LogP contribution in [-0.2, 0) is 6.42 Å². The van der Waals surface area contributed by atoms with Gasteiger partial charge in [0.2, 0.25) is 0 Å². The molecule has 1 unspecified atom stereocenters. The van der Waals surface area contributed by atoms with Gasteiger partial charge in [-0.2, -0.15) is 0 Å². The predicted molar refractivity (Wildman–Crippen MR) is 85.7 cm³/mol. The van der Waals surface area contributed by atoms with Crippen LogP contribution < -0.4 is 0 Å². The van der Waals surface area contributed by atoms with Crippen LogP contribution in [0.3, 0.4) is 0 Å². The first-order valence-corrected chi connectivity index (χ1v) is 7.79. The van der Waals surface area contributed by atoms with Gasteiger partial charge in [0, 0.05) is 20.2 Å². The van der Waals surface area contributed by atoms with Crippen molar-refractivity contribution in [1.29, 1.82) is 0 Å². The van der Waals surface area contributed by atoms with Crippen LogP contribution in [0.15, 0.2) is 63.7 Å². The summed E-state index contributed by atoms with van der Waals surface area (Å²) in [5, 5.41) is 1.18. The van der Waals surface area contributed by atoms with E-state index in [1.165, 1.54) is 16.5 Å². The van der Waals surface area contributed by atoms with Gasteiger partial charge in [-0.25, -0.2) is 0 Å². The summed E-state index contributed by atoms with van der Waals surface area (Å²) in [7, 11) is 0. The zero-order valence-corrected chi connectivity index (χ0v) is 13.3. The van der Waals surface area contributed by atoms with Crippen molar-refractivity contribution in [3.8, 4) is 0 Å². The fourth-order valence-electron chi connectivity index (χ4n) is 2.18. The zero-order chi connectivity index (χ0) is 13.2. The van der Waals surface area contributed by atoms with Gasteiger partial charge in [-0.15, -0.1) is 0 Å². The third-order valence-electron chi connectivity index (χ3n) is 3.18. The second kappa shape index (κ2) is 5.51. The molecule has 0 saturated heterocycles.